The van der Waals surface area contributed by atoms with E-state index in [4.69, 9.17) is 17.0 Å². The van der Waals surface area contributed by atoms with E-state index in [2.05, 4.69) is 10.6 Å². The normalized spacial score (nSPS) is 10.4. The first-order valence-electron chi connectivity index (χ1n) is 10.1. The third-order valence-corrected chi connectivity index (χ3v) is 4.58. The minimum atomic E-state index is -0.347. The molecule has 0 saturated heterocycles. The Morgan fingerprint density at radius 2 is 1.67 bits per heavy atom. The van der Waals surface area contributed by atoms with Crippen LogP contribution in [0.1, 0.15) is 48.4 Å². The molecule has 0 aliphatic rings. The van der Waals surface area contributed by atoms with Crippen LogP contribution in [0.15, 0.2) is 48.5 Å². The van der Waals surface area contributed by atoms with E-state index < -0.39 is 0 Å². The van der Waals surface area contributed by atoms with Crippen molar-refractivity contribution in [2.24, 2.45) is 5.92 Å². The van der Waals surface area contributed by atoms with Crippen LogP contribution in [-0.4, -0.2) is 41.5 Å². The van der Waals surface area contributed by atoms with E-state index in [1.807, 2.05) is 33.8 Å². The quantitative estimate of drug-likeness (QED) is 0.614. The molecule has 0 saturated carbocycles. The molecule has 2 aromatic carbocycles. The van der Waals surface area contributed by atoms with Crippen LogP contribution in [0.25, 0.3) is 0 Å². The molecule has 160 valence electrons. The Hall–Kier alpha value is -2.93. The zero-order valence-corrected chi connectivity index (χ0v) is 18.7. The van der Waals surface area contributed by atoms with E-state index in [-0.39, 0.29) is 16.9 Å². The van der Waals surface area contributed by atoms with Gasteiger partial charge in [0.1, 0.15) is 5.75 Å². The highest BCUT2D eigenvalue weighted by Gasteiger charge is 2.15. The molecular weight excluding hydrogens is 398 g/mol. The predicted octanol–water partition coefficient (Wildman–Crippen LogP) is 4.33. The van der Waals surface area contributed by atoms with Crippen LogP contribution in [0, 0.1) is 5.92 Å². The third kappa shape index (κ3) is 6.56. The third-order valence-electron chi connectivity index (χ3n) is 4.37. The predicted molar refractivity (Wildman–Crippen MR) is 124 cm³/mol. The van der Waals surface area contributed by atoms with Crippen LogP contribution < -0.4 is 15.4 Å². The van der Waals surface area contributed by atoms with Crippen molar-refractivity contribution in [2.45, 2.75) is 27.7 Å². The number of nitrogens with one attached hydrogen (secondary N) is 2. The summed E-state index contributed by atoms with van der Waals surface area (Å²) in [5, 5.41) is 5.81. The number of para-hydroxylation sites is 1. The van der Waals surface area contributed by atoms with Crippen molar-refractivity contribution in [3.63, 3.8) is 0 Å². The van der Waals surface area contributed by atoms with Crippen molar-refractivity contribution in [2.75, 3.05) is 25.0 Å². The van der Waals surface area contributed by atoms with Crippen molar-refractivity contribution in [1.29, 1.82) is 0 Å². The van der Waals surface area contributed by atoms with E-state index in [0.717, 1.165) is 0 Å². The monoisotopic (exact) mass is 427 g/mol. The van der Waals surface area contributed by atoms with E-state index in [1.54, 1.807) is 47.4 Å². The van der Waals surface area contributed by atoms with Gasteiger partial charge in [0.25, 0.3) is 11.8 Å². The maximum absolute atomic E-state index is 12.6. The minimum Gasteiger partial charge on any atom is -0.492 e. The van der Waals surface area contributed by atoms with Gasteiger partial charge in [-0.15, -0.1) is 0 Å². The molecule has 0 aliphatic carbocycles. The summed E-state index contributed by atoms with van der Waals surface area (Å²) in [6.45, 7) is 9.83. The van der Waals surface area contributed by atoms with Gasteiger partial charge < -0.3 is 15.0 Å². The van der Waals surface area contributed by atoms with Gasteiger partial charge >= 0.3 is 0 Å². The Kier molecular flexibility index (Phi) is 8.80. The van der Waals surface area contributed by atoms with Crippen LogP contribution in [0.2, 0.25) is 0 Å². The average molecular weight is 428 g/mol. The lowest BCUT2D eigenvalue weighted by Crippen LogP contribution is -2.34. The van der Waals surface area contributed by atoms with Gasteiger partial charge in [0.05, 0.1) is 12.2 Å². The Bertz CT molecular complexity index is 878. The number of amides is 2. The minimum absolute atomic E-state index is 0.0135. The molecule has 7 heteroatoms. The highest BCUT2D eigenvalue weighted by Crippen LogP contribution is 2.19. The standard InChI is InChI=1S/C23H29N3O3S/c1-5-26(6-2)22(28)17-11-13-18(14-12-17)24-23(30)25-21(27)19-9-7-8-10-20(19)29-15-16(3)4/h7-14,16H,5-6,15H2,1-4H3,(H2,24,25,27,30). The second-order valence-corrected chi connectivity index (χ2v) is 7.57. The van der Waals surface area contributed by atoms with E-state index in [1.165, 1.54) is 0 Å². The highest BCUT2D eigenvalue weighted by molar-refractivity contribution is 7.80. The molecule has 0 bridgehead atoms. The zero-order chi connectivity index (χ0) is 22.1. The summed E-state index contributed by atoms with van der Waals surface area (Å²) in [5.41, 5.74) is 1.71. The largest absolute Gasteiger partial charge is 0.492 e. The summed E-state index contributed by atoms with van der Waals surface area (Å²) in [6, 6.07) is 14.1. The maximum Gasteiger partial charge on any atom is 0.261 e. The van der Waals surface area contributed by atoms with E-state index in [0.29, 0.717) is 48.2 Å². The first-order valence-corrected chi connectivity index (χ1v) is 10.5. The lowest BCUT2D eigenvalue weighted by Gasteiger charge is -2.18. The topological polar surface area (TPSA) is 70.7 Å². The molecule has 30 heavy (non-hydrogen) atoms. The zero-order valence-electron chi connectivity index (χ0n) is 17.9. The Morgan fingerprint density at radius 3 is 2.27 bits per heavy atom. The summed E-state index contributed by atoms with van der Waals surface area (Å²) in [7, 11) is 0. The second kappa shape index (κ2) is 11.3. The summed E-state index contributed by atoms with van der Waals surface area (Å²) in [4.78, 5) is 26.8. The first-order chi connectivity index (χ1) is 14.3. The molecule has 0 aromatic heterocycles. The number of thiocarbonyl (C=S) groups is 1. The molecule has 2 aromatic rings. The number of carbonyl (C=O) groups excluding carboxylic acids is 2. The van der Waals surface area contributed by atoms with Crippen LogP contribution in [0.4, 0.5) is 5.69 Å². The maximum atomic E-state index is 12.6. The molecule has 6 nitrogen and oxygen atoms in total. The van der Waals surface area contributed by atoms with Crippen molar-refractivity contribution in [3.8, 4) is 5.75 Å². The van der Waals surface area contributed by atoms with Gasteiger partial charge in [-0.05, 0) is 68.4 Å². The van der Waals surface area contributed by atoms with Gasteiger partial charge in [-0.2, -0.15) is 0 Å². The number of ether oxygens (including phenoxy) is 1. The molecule has 2 amide bonds. The number of benzene rings is 2. The highest BCUT2D eigenvalue weighted by atomic mass is 32.1. The van der Waals surface area contributed by atoms with E-state index in [9.17, 15) is 9.59 Å². The van der Waals surface area contributed by atoms with Crippen molar-refractivity contribution >= 4 is 34.8 Å². The summed E-state index contributed by atoms with van der Waals surface area (Å²) < 4.78 is 5.73. The number of anilines is 1. The SMILES string of the molecule is CCN(CC)C(=O)c1ccc(NC(=S)NC(=O)c2ccccc2OCC(C)C)cc1. The van der Waals surface area contributed by atoms with Crippen LogP contribution in [0.3, 0.4) is 0 Å². The lowest BCUT2D eigenvalue weighted by molar-refractivity contribution is 0.0772. The fraction of sp³-hybridized carbons (Fsp3) is 0.348. The van der Waals surface area contributed by atoms with Gasteiger partial charge in [0.15, 0.2) is 5.11 Å². The first kappa shape index (κ1) is 23.3. The Morgan fingerprint density at radius 1 is 1.03 bits per heavy atom. The molecule has 0 fully saturated rings. The smallest absolute Gasteiger partial charge is 0.261 e. The van der Waals surface area contributed by atoms with Gasteiger partial charge in [0.2, 0.25) is 0 Å². The van der Waals surface area contributed by atoms with Gasteiger partial charge in [0, 0.05) is 24.3 Å². The molecule has 2 N–H and O–H groups in total. The number of hydrogen-bond acceptors (Lipinski definition) is 4. The lowest BCUT2D eigenvalue weighted by atomic mass is 10.1. The molecule has 0 heterocycles. The molecular formula is C23H29N3O3S. The van der Waals surface area contributed by atoms with Crippen molar-refractivity contribution in [1.82, 2.24) is 10.2 Å². The average Bonchev–Trinajstić information content (AvgIpc) is 2.73. The number of hydrogen-bond donors (Lipinski definition) is 2. The van der Waals surface area contributed by atoms with Gasteiger partial charge in [-0.3, -0.25) is 14.9 Å². The Balaban J connectivity index is 1.99. The Labute approximate surface area is 183 Å². The number of nitrogens with zero attached hydrogens (tertiary/aromatic N) is 1. The van der Waals surface area contributed by atoms with Gasteiger partial charge in [-0.25, -0.2) is 0 Å². The molecule has 0 spiro atoms. The van der Waals surface area contributed by atoms with Gasteiger partial charge in [-0.1, -0.05) is 26.0 Å². The van der Waals surface area contributed by atoms with Crippen LogP contribution in [0.5, 0.6) is 5.75 Å². The number of rotatable bonds is 8. The van der Waals surface area contributed by atoms with Crippen molar-refractivity contribution in [3.05, 3.63) is 59.7 Å². The van der Waals surface area contributed by atoms with Crippen LogP contribution >= 0.6 is 12.2 Å². The summed E-state index contributed by atoms with van der Waals surface area (Å²) >= 11 is 5.27. The number of carbonyl (C=O) groups is 2. The summed E-state index contributed by atoms with van der Waals surface area (Å²) in [6.07, 6.45) is 0. The molecule has 0 atom stereocenters. The van der Waals surface area contributed by atoms with E-state index >= 15 is 0 Å². The van der Waals surface area contributed by atoms with Crippen LogP contribution in [-0.2, 0) is 0 Å². The second-order valence-electron chi connectivity index (χ2n) is 7.16. The molecule has 0 aliphatic heterocycles. The molecule has 2 rings (SSSR count). The fourth-order valence-electron chi connectivity index (χ4n) is 2.76. The molecule has 0 radical (unpaired) electrons. The molecule has 0 unspecified atom stereocenters. The fourth-order valence-corrected chi connectivity index (χ4v) is 2.97. The summed E-state index contributed by atoms with van der Waals surface area (Å²) in [5.74, 6) is 0.506. The van der Waals surface area contributed by atoms with Crippen molar-refractivity contribution < 1.29 is 14.3 Å².